The summed E-state index contributed by atoms with van der Waals surface area (Å²) in [6.45, 7) is 3.76. The van der Waals surface area contributed by atoms with Crippen LogP contribution in [0.1, 0.15) is 22.7 Å². The van der Waals surface area contributed by atoms with Crippen molar-refractivity contribution in [2.75, 3.05) is 46.4 Å². The van der Waals surface area contributed by atoms with Gasteiger partial charge in [-0.05, 0) is 17.2 Å². The van der Waals surface area contributed by atoms with E-state index in [0.717, 1.165) is 35.7 Å². The second kappa shape index (κ2) is 12.4. The lowest BCUT2D eigenvalue weighted by Crippen LogP contribution is -2.51. The predicted molar refractivity (Wildman–Crippen MR) is 134 cm³/mol. The number of β-amino-alcohol motifs (C(OH)–C–C–N with tert-alkyl or cyclic N) is 1. The fraction of sp³-hybridized carbons (Fsp3) is 0.357. The first kappa shape index (κ1) is 24.9. The molecule has 0 aliphatic carbocycles. The smallest absolute Gasteiger partial charge is 0.234 e. The molecule has 1 saturated heterocycles. The molecule has 0 saturated carbocycles. The van der Waals surface area contributed by atoms with E-state index in [0.29, 0.717) is 26.2 Å². The third-order valence-corrected chi connectivity index (χ3v) is 6.25. The van der Waals surface area contributed by atoms with Gasteiger partial charge >= 0.3 is 0 Å². The highest BCUT2D eigenvalue weighted by molar-refractivity contribution is 5.87. The Morgan fingerprint density at radius 2 is 1.60 bits per heavy atom. The van der Waals surface area contributed by atoms with Crippen LogP contribution in [0.2, 0.25) is 0 Å². The first-order valence-electron chi connectivity index (χ1n) is 12.0. The fourth-order valence-electron chi connectivity index (χ4n) is 4.41. The predicted octanol–water partition coefficient (Wildman–Crippen LogP) is 2.94. The Labute approximate surface area is 206 Å². The maximum atomic E-state index is 13.6. The highest BCUT2D eigenvalue weighted by Crippen LogP contribution is 2.27. The molecule has 7 nitrogen and oxygen atoms in total. The van der Waals surface area contributed by atoms with Gasteiger partial charge in [-0.3, -0.25) is 14.7 Å². The minimum atomic E-state index is -0.607. The van der Waals surface area contributed by atoms with Gasteiger partial charge in [0.15, 0.2) is 0 Å². The number of methoxy groups -OCH3 is 1. The summed E-state index contributed by atoms with van der Waals surface area (Å²) in [7, 11) is 1.61. The molecule has 3 aromatic rings. The maximum absolute atomic E-state index is 13.6. The number of rotatable bonds is 10. The zero-order chi connectivity index (χ0) is 24.5. The summed E-state index contributed by atoms with van der Waals surface area (Å²) in [5.74, 6) is 0.540. The van der Waals surface area contributed by atoms with Crippen molar-refractivity contribution in [3.63, 3.8) is 0 Å². The van der Waals surface area contributed by atoms with E-state index in [1.807, 2.05) is 71.6 Å². The van der Waals surface area contributed by atoms with Crippen LogP contribution < -0.4 is 4.74 Å². The second-order valence-electron chi connectivity index (χ2n) is 8.74. The van der Waals surface area contributed by atoms with E-state index in [4.69, 9.17) is 9.47 Å². The largest absolute Gasteiger partial charge is 0.497 e. The van der Waals surface area contributed by atoms with Crippen molar-refractivity contribution in [2.45, 2.75) is 18.6 Å². The second-order valence-corrected chi connectivity index (χ2v) is 8.74. The van der Waals surface area contributed by atoms with E-state index in [1.54, 1.807) is 19.4 Å². The van der Waals surface area contributed by atoms with Crippen LogP contribution in [0.15, 0.2) is 79.0 Å². The van der Waals surface area contributed by atoms with Crippen molar-refractivity contribution in [1.29, 1.82) is 0 Å². The molecule has 1 N–H and O–H groups in total. The summed E-state index contributed by atoms with van der Waals surface area (Å²) in [6.07, 6.45) is 1.07. The highest BCUT2D eigenvalue weighted by Gasteiger charge is 2.30. The normalized spacial score (nSPS) is 15.2. The van der Waals surface area contributed by atoms with Crippen LogP contribution in [0.25, 0.3) is 0 Å². The minimum absolute atomic E-state index is 0.122. The Bertz CT molecular complexity index is 1020. The van der Waals surface area contributed by atoms with Gasteiger partial charge in [0, 0.05) is 45.0 Å². The van der Waals surface area contributed by atoms with Crippen molar-refractivity contribution < 1.29 is 19.4 Å². The standard InChI is InChI=1S/C28H33N3O4/c1-34-26-12-13-29-24(18-26)20-35-21-25(32)19-30-14-16-31(17-15-30)28(33)27(22-8-4-2-5-9-22)23-10-6-3-7-11-23/h2-13,18,25,27,32H,14-17,19-21H2,1H3. The number of piperazine rings is 1. The van der Waals surface area contributed by atoms with Gasteiger partial charge in [-0.25, -0.2) is 0 Å². The van der Waals surface area contributed by atoms with Crippen molar-refractivity contribution in [3.05, 3.63) is 95.8 Å². The van der Waals surface area contributed by atoms with Crippen molar-refractivity contribution >= 4 is 5.91 Å². The Morgan fingerprint density at radius 3 is 2.20 bits per heavy atom. The summed E-state index contributed by atoms with van der Waals surface area (Å²) < 4.78 is 10.8. The molecule has 1 atom stereocenters. The van der Waals surface area contributed by atoms with E-state index in [-0.39, 0.29) is 18.4 Å². The zero-order valence-corrected chi connectivity index (χ0v) is 20.1. The monoisotopic (exact) mass is 475 g/mol. The molecule has 1 aliphatic rings. The lowest BCUT2D eigenvalue weighted by atomic mass is 9.90. The molecule has 1 fully saturated rings. The van der Waals surface area contributed by atoms with Crippen LogP contribution in [-0.2, 0) is 16.1 Å². The molecule has 0 spiro atoms. The van der Waals surface area contributed by atoms with E-state index >= 15 is 0 Å². The summed E-state index contributed by atoms with van der Waals surface area (Å²) >= 11 is 0. The molecular weight excluding hydrogens is 442 g/mol. The van der Waals surface area contributed by atoms with E-state index in [9.17, 15) is 9.90 Å². The van der Waals surface area contributed by atoms with Crippen LogP contribution in [-0.4, -0.2) is 78.3 Å². The molecule has 2 heterocycles. The molecule has 2 aromatic carbocycles. The van der Waals surface area contributed by atoms with Crippen molar-refractivity contribution in [2.24, 2.45) is 0 Å². The number of carbonyl (C=O) groups excluding carboxylic acids is 1. The third kappa shape index (κ3) is 6.88. The lowest BCUT2D eigenvalue weighted by Gasteiger charge is -2.37. The van der Waals surface area contributed by atoms with Gasteiger partial charge in [0.2, 0.25) is 5.91 Å². The summed E-state index contributed by atoms with van der Waals surface area (Å²) in [4.78, 5) is 21.9. The van der Waals surface area contributed by atoms with Gasteiger partial charge in [-0.15, -0.1) is 0 Å². The molecule has 0 radical (unpaired) electrons. The Morgan fingerprint density at radius 1 is 0.971 bits per heavy atom. The van der Waals surface area contributed by atoms with Gasteiger partial charge in [-0.1, -0.05) is 60.7 Å². The van der Waals surface area contributed by atoms with Crippen LogP contribution >= 0.6 is 0 Å². The molecule has 1 unspecified atom stereocenters. The average Bonchev–Trinajstić information content (AvgIpc) is 2.90. The summed E-state index contributed by atoms with van der Waals surface area (Å²) in [5.41, 5.74) is 2.77. The quantitative estimate of drug-likeness (QED) is 0.486. The first-order chi connectivity index (χ1) is 17.1. The average molecular weight is 476 g/mol. The van der Waals surface area contributed by atoms with Crippen molar-refractivity contribution in [3.8, 4) is 5.75 Å². The number of aliphatic hydroxyl groups excluding tert-OH is 1. The molecule has 1 aromatic heterocycles. The molecule has 4 rings (SSSR count). The van der Waals surface area contributed by atoms with Crippen molar-refractivity contribution in [1.82, 2.24) is 14.8 Å². The van der Waals surface area contributed by atoms with Gasteiger partial charge < -0.3 is 19.5 Å². The van der Waals surface area contributed by atoms with Crippen LogP contribution in [0.4, 0.5) is 0 Å². The number of nitrogens with zero attached hydrogens (tertiary/aromatic N) is 3. The number of ether oxygens (including phenoxy) is 2. The summed E-state index contributed by atoms with van der Waals surface area (Å²) in [6, 6.07) is 23.5. The van der Waals surface area contributed by atoms with E-state index in [2.05, 4.69) is 9.88 Å². The molecule has 1 aliphatic heterocycles. The minimum Gasteiger partial charge on any atom is -0.497 e. The van der Waals surface area contributed by atoms with E-state index in [1.165, 1.54) is 0 Å². The maximum Gasteiger partial charge on any atom is 0.234 e. The Hall–Kier alpha value is -3.26. The lowest BCUT2D eigenvalue weighted by molar-refractivity contribution is -0.133. The fourth-order valence-corrected chi connectivity index (χ4v) is 4.41. The summed E-state index contributed by atoms with van der Waals surface area (Å²) in [5, 5.41) is 10.4. The Balaban J connectivity index is 1.27. The van der Waals surface area contributed by atoms with Crippen LogP contribution in [0, 0.1) is 0 Å². The van der Waals surface area contributed by atoms with Crippen LogP contribution in [0.3, 0.4) is 0 Å². The molecule has 7 heteroatoms. The zero-order valence-electron chi connectivity index (χ0n) is 20.1. The number of benzene rings is 2. The number of aromatic nitrogens is 1. The molecule has 1 amide bonds. The topological polar surface area (TPSA) is 75.1 Å². The number of hydrogen-bond donors (Lipinski definition) is 1. The molecular formula is C28H33N3O4. The Kier molecular flexibility index (Phi) is 8.84. The van der Waals surface area contributed by atoms with Crippen LogP contribution in [0.5, 0.6) is 5.75 Å². The first-order valence-corrected chi connectivity index (χ1v) is 12.0. The third-order valence-electron chi connectivity index (χ3n) is 6.25. The molecule has 184 valence electrons. The van der Waals surface area contributed by atoms with E-state index < -0.39 is 6.10 Å². The molecule has 35 heavy (non-hydrogen) atoms. The number of aliphatic hydroxyl groups is 1. The number of carbonyl (C=O) groups is 1. The highest BCUT2D eigenvalue weighted by atomic mass is 16.5. The van der Waals surface area contributed by atoms with Gasteiger partial charge in [0.05, 0.1) is 38.0 Å². The number of pyridine rings is 1. The SMILES string of the molecule is COc1ccnc(COCC(O)CN2CCN(C(=O)C(c3ccccc3)c3ccccc3)CC2)c1. The number of amides is 1. The number of hydrogen-bond acceptors (Lipinski definition) is 6. The molecule has 0 bridgehead atoms. The van der Waals surface area contributed by atoms with Gasteiger partial charge in [0.1, 0.15) is 5.75 Å². The van der Waals surface area contributed by atoms with Gasteiger partial charge in [-0.2, -0.15) is 0 Å². The van der Waals surface area contributed by atoms with Gasteiger partial charge in [0.25, 0.3) is 0 Å².